The van der Waals surface area contributed by atoms with E-state index in [2.05, 4.69) is 15.9 Å². The van der Waals surface area contributed by atoms with E-state index in [1.807, 2.05) is 0 Å². The van der Waals surface area contributed by atoms with Gasteiger partial charge in [-0.15, -0.1) is 0 Å². The molecular weight excluding hydrogens is 656 g/mol. The van der Waals surface area contributed by atoms with E-state index in [9.17, 15) is 0 Å². The van der Waals surface area contributed by atoms with E-state index >= 15 is 0 Å². The van der Waals surface area contributed by atoms with Crippen molar-refractivity contribution < 1.29 is 71.1 Å². The van der Waals surface area contributed by atoms with Crippen LogP contribution in [0.15, 0.2) is 0 Å². The van der Waals surface area contributed by atoms with Crippen LogP contribution in [-0.4, -0.2) is 182 Å². The largest absolute Gasteiger partial charge is 0.382 e. The number of rotatable bonds is 17. The Kier molecular flexibility index (Phi) is 16.6. The Labute approximate surface area is 268 Å². The van der Waals surface area contributed by atoms with Gasteiger partial charge in [-0.2, -0.15) is 0 Å². The van der Waals surface area contributed by atoms with Crippen molar-refractivity contribution in [3.63, 3.8) is 0 Å². The van der Waals surface area contributed by atoms with Crippen LogP contribution >= 0.6 is 15.9 Å². The topological polar surface area (TPSA) is 138 Å². The van der Waals surface area contributed by atoms with Crippen molar-refractivity contribution in [1.29, 1.82) is 0 Å². The van der Waals surface area contributed by atoms with E-state index in [1.54, 1.807) is 71.1 Å². The molecule has 3 fully saturated rings. The third kappa shape index (κ3) is 8.47. The molecule has 3 rings (SSSR count). The van der Waals surface area contributed by atoms with E-state index in [1.165, 1.54) is 0 Å². The molecule has 0 aromatic rings. The van der Waals surface area contributed by atoms with E-state index in [4.69, 9.17) is 71.1 Å². The van der Waals surface area contributed by atoms with Crippen molar-refractivity contribution in [3.05, 3.63) is 0 Å². The third-order valence-electron chi connectivity index (χ3n) is 8.24. The van der Waals surface area contributed by atoms with Gasteiger partial charge in [0.15, 0.2) is 12.6 Å². The number of ether oxygens (including phenoxy) is 15. The molecule has 0 saturated carbocycles. The minimum atomic E-state index is -0.948. The molecule has 15 atom stereocenters. The van der Waals surface area contributed by atoms with Gasteiger partial charge in [-0.3, -0.25) is 0 Å². The summed E-state index contributed by atoms with van der Waals surface area (Å²) in [7, 11) is 15.7. The molecule has 0 N–H and O–H groups in total. The number of hydrogen-bond acceptors (Lipinski definition) is 15. The van der Waals surface area contributed by atoms with Gasteiger partial charge in [0.05, 0.1) is 19.8 Å². The lowest BCUT2D eigenvalue weighted by Crippen LogP contribution is -2.67. The molecule has 0 aromatic carbocycles. The van der Waals surface area contributed by atoms with E-state index in [0.29, 0.717) is 0 Å². The summed E-state index contributed by atoms with van der Waals surface area (Å²) in [6, 6.07) is 0. The molecule has 0 aromatic heterocycles. The Morgan fingerprint density at radius 3 is 1.07 bits per heavy atom. The molecule has 3 saturated heterocycles. The summed E-state index contributed by atoms with van der Waals surface area (Å²) in [6.07, 6.45) is -9.10. The first-order valence-electron chi connectivity index (χ1n) is 14.4. The maximum atomic E-state index is 6.63. The molecule has 15 unspecified atom stereocenters. The summed E-state index contributed by atoms with van der Waals surface area (Å²) in [5.41, 5.74) is 0. The van der Waals surface area contributed by atoms with Gasteiger partial charge in [0.25, 0.3) is 0 Å². The number of halogens is 1. The molecular formula is C28H51BrO15. The second-order valence-electron chi connectivity index (χ2n) is 10.6. The van der Waals surface area contributed by atoms with E-state index < -0.39 is 90.8 Å². The minimum absolute atomic E-state index is 0.141. The van der Waals surface area contributed by atoms with Crippen LogP contribution in [-0.2, 0) is 71.1 Å². The fraction of sp³-hybridized carbons (Fsp3) is 1.00. The van der Waals surface area contributed by atoms with Crippen molar-refractivity contribution in [2.24, 2.45) is 0 Å². The fourth-order valence-corrected chi connectivity index (χ4v) is 7.00. The van der Waals surface area contributed by atoms with Crippen LogP contribution in [0.3, 0.4) is 0 Å². The maximum absolute atomic E-state index is 6.63. The van der Waals surface area contributed by atoms with Gasteiger partial charge in [0, 0.05) is 71.1 Å². The van der Waals surface area contributed by atoms with Crippen LogP contribution in [0.4, 0.5) is 0 Å². The minimum Gasteiger partial charge on any atom is -0.382 e. The van der Waals surface area contributed by atoms with Crippen LogP contribution in [0.2, 0.25) is 0 Å². The van der Waals surface area contributed by atoms with Crippen LogP contribution in [0, 0.1) is 0 Å². The normalized spacial score (nSPS) is 43.3. The summed E-state index contributed by atoms with van der Waals surface area (Å²) >= 11 is 3.54. The van der Waals surface area contributed by atoms with Crippen molar-refractivity contribution in [2.75, 3.05) is 90.9 Å². The lowest BCUT2D eigenvalue weighted by Gasteiger charge is -2.50. The summed E-state index contributed by atoms with van der Waals surface area (Å²) in [6.45, 7) is 0.616. The SMILES string of the molecule is COCC1OC(Br)C(OC)C(OC)C1OC1OC(COC)C(OC2OC(COC)C(OC)C(OC)C2OC)C(OC)C1OC. The zero-order valence-electron chi connectivity index (χ0n) is 27.3. The first-order valence-corrected chi connectivity index (χ1v) is 15.3. The molecule has 3 aliphatic heterocycles. The van der Waals surface area contributed by atoms with Gasteiger partial charge in [-0.25, -0.2) is 0 Å². The fourth-order valence-electron chi connectivity index (χ4n) is 6.21. The quantitative estimate of drug-likeness (QED) is 0.192. The Balaban J connectivity index is 1.92. The molecule has 44 heavy (non-hydrogen) atoms. The molecule has 15 nitrogen and oxygen atoms in total. The van der Waals surface area contributed by atoms with Gasteiger partial charge in [-0.1, -0.05) is 15.9 Å². The zero-order chi connectivity index (χ0) is 32.4. The standard InChI is InChI=1S/C28H51BrO15/c1-30-11-14-17(33-4)20(34-5)24(38-9)27(41-14)44-19-16(13-32-3)42-28(25(39-10)22(19)36-7)43-18-15(12-31-2)40-26(29)23(37-8)21(18)35-6/h14-28H,11-13H2,1-10H3. The van der Waals surface area contributed by atoms with Crippen molar-refractivity contribution in [2.45, 2.75) is 90.8 Å². The summed E-state index contributed by atoms with van der Waals surface area (Å²) < 4.78 is 89.4. The molecule has 0 spiro atoms. The summed E-state index contributed by atoms with van der Waals surface area (Å²) in [4.78, 5) is 0. The Bertz CT molecular complexity index is 800. The van der Waals surface area contributed by atoms with Crippen LogP contribution in [0.5, 0.6) is 0 Å². The molecule has 0 radical (unpaired) electrons. The van der Waals surface area contributed by atoms with Crippen LogP contribution < -0.4 is 0 Å². The number of alkyl halides is 1. The van der Waals surface area contributed by atoms with Crippen molar-refractivity contribution >= 4 is 15.9 Å². The molecule has 0 bridgehead atoms. The van der Waals surface area contributed by atoms with Gasteiger partial charge in [-0.05, 0) is 0 Å². The smallest absolute Gasteiger partial charge is 0.187 e. The second kappa shape index (κ2) is 19.0. The predicted octanol–water partition coefficient (Wildman–Crippen LogP) is 0.371. The highest BCUT2D eigenvalue weighted by Crippen LogP contribution is 2.37. The molecule has 3 heterocycles. The molecule has 3 aliphatic rings. The second-order valence-corrected chi connectivity index (χ2v) is 11.5. The highest BCUT2D eigenvalue weighted by molar-refractivity contribution is 9.09. The molecule has 0 amide bonds. The average Bonchev–Trinajstić information content (AvgIpc) is 3.02. The third-order valence-corrected chi connectivity index (χ3v) is 8.98. The first-order chi connectivity index (χ1) is 21.3. The molecule has 16 heteroatoms. The van der Waals surface area contributed by atoms with Gasteiger partial charge < -0.3 is 71.1 Å². The van der Waals surface area contributed by atoms with Gasteiger partial charge >= 0.3 is 0 Å². The lowest BCUT2D eigenvalue weighted by molar-refractivity contribution is -0.378. The monoisotopic (exact) mass is 706 g/mol. The van der Waals surface area contributed by atoms with Gasteiger partial charge in [0.2, 0.25) is 0 Å². The van der Waals surface area contributed by atoms with Gasteiger partial charge in [0.1, 0.15) is 78.3 Å². The van der Waals surface area contributed by atoms with Crippen LogP contribution in [0.1, 0.15) is 0 Å². The van der Waals surface area contributed by atoms with Crippen molar-refractivity contribution in [3.8, 4) is 0 Å². The zero-order valence-corrected chi connectivity index (χ0v) is 28.9. The Morgan fingerprint density at radius 1 is 0.386 bits per heavy atom. The highest BCUT2D eigenvalue weighted by Gasteiger charge is 2.55. The maximum Gasteiger partial charge on any atom is 0.187 e. The van der Waals surface area contributed by atoms with E-state index in [0.717, 1.165) is 0 Å². The molecule has 260 valence electrons. The summed E-state index contributed by atoms with van der Waals surface area (Å²) in [5.74, 6) is 0. The number of methoxy groups -OCH3 is 10. The lowest BCUT2D eigenvalue weighted by atomic mass is 9.95. The Hall–Kier alpha value is -0.120. The average molecular weight is 708 g/mol. The van der Waals surface area contributed by atoms with Crippen LogP contribution in [0.25, 0.3) is 0 Å². The highest BCUT2D eigenvalue weighted by atomic mass is 79.9. The summed E-state index contributed by atoms with van der Waals surface area (Å²) in [5, 5.41) is -0.450. The first kappa shape index (κ1) is 38.3. The Morgan fingerprint density at radius 2 is 0.705 bits per heavy atom. The van der Waals surface area contributed by atoms with E-state index in [-0.39, 0.29) is 19.8 Å². The predicted molar refractivity (Wildman–Crippen MR) is 156 cm³/mol. The molecule has 0 aliphatic carbocycles. The number of hydrogen-bond donors (Lipinski definition) is 0. The van der Waals surface area contributed by atoms with Crippen molar-refractivity contribution in [1.82, 2.24) is 0 Å².